The van der Waals surface area contributed by atoms with Gasteiger partial charge in [-0.2, -0.15) is 0 Å². The Labute approximate surface area is 211 Å². The number of nitrogens with one attached hydrogen (secondary N) is 1. The summed E-state index contributed by atoms with van der Waals surface area (Å²) in [6, 6.07) is 0. The third-order valence-electron chi connectivity index (χ3n) is 11.1. The molecule has 2 N–H and O–H groups in total. The molecule has 0 aromatic carbocycles. The van der Waals surface area contributed by atoms with Crippen molar-refractivity contribution >= 4 is 11.6 Å². The Morgan fingerprint density at radius 3 is 2.66 bits per heavy atom. The lowest BCUT2D eigenvalue weighted by atomic mass is 9.46. The molecular weight excluding hydrogens is 436 g/mol. The van der Waals surface area contributed by atoms with E-state index < -0.39 is 5.60 Å². The van der Waals surface area contributed by atoms with Gasteiger partial charge in [-0.3, -0.25) is 4.79 Å². The zero-order chi connectivity index (χ0) is 24.7. The van der Waals surface area contributed by atoms with Gasteiger partial charge in [-0.05, 0) is 99.4 Å². The van der Waals surface area contributed by atoms with Crippen LogP contribution in [0.2, 0.25) is 0 Å². The van der Waals surface area contributed by atoms with E-state index in [-0.39, 0.29) is 23.3 Å². The number of hydrogen-bond donors (Lipinski definition) is 2. The van der Waals surface area contributed by atoms with Crippen LogP contribution in [-0.4, -0.2) is 35.5 Å². The van der Waals surface area contributed by atoms with Gasteiger partial charge in [0.1, 0.15) is 5.60 Å². The first-order valence-electron chi connectivity index (χ1n) is 14.2. The summed E-state index contributed by atoms with van der Waals surface area (Å²) in [5.74, 6) is 5.15. The summed E-state index contributed by atoms with van der Waals surface area (Å²) in [5.41, 5.74) is 1.58. The number of carbonyl (C=O) groups excluding carboxylic acids is 1. The highest BCUT2D eigenvalue weighted by Gasteiger charge is 2.63. The van der Waals surface area contributed by atoms with Gasteiger partial charge < -0.3 is 15.3 Å². The smallest absolute Gasteiger partial charge is 0.260 e. The van der Waals surface area contributed by atoms with Crippen LogP contribution in [0, 0.1) is 46.8 Å². The van der Waals surface area contributed by atoms with Crippen LogP contribution in [0.25, 0.3) is 0 Å². The highest BCUT2D eigenvalue weighted by atomic mass is 16.6. The second kappa shape index (κ2) is 9.58. The van der Waals surface area contributed by atoms with Crippen molar-refractivity contribution in [2.24, 2.45) is 39.7 Å². The first-order valence-corrected chi connectivity index (χ1v) is 14.2. The van der Waals surface area contributed by atoms with Gasteiger partial charge in [0.2, 0.25) is 0 Å². The summed E-state index contributed by atoms with van der Waals surface area (Å²) in [4.78, 5) is 17.7. The van der Waals surface area contributed by atoms with Crippen molar-refractivity contribution in [3.63, 3.8) is 0 Å². The Morgan fingerprint density at radius 2 is 1.89 bits per heavy atom. The van der Waals surface area contributed by atoms with E-state index in [4.69, 9.17) is 11.3 Å². The molecule has 0 aliphatic heterocycles. The summed E-state index contributed by atoms with van der Waals surface area (Å²) in [6.07, 6.45) is 22.6. The van der Waals surface area contributed by atoms with E-state index in [9.17, 15) is 9.90 Å². The third-order valence-corrected chi connectivity index (χ3v) is 11.1. The molecule has 4 saturated carbocycles. The van der Waals surface area contributed by atoms with E-state index in [1.54, 1.807) is 0 Å². The molecule has 35 heavy (non-hydrogen) atoms. The van der Waals surface area contributed by atoms with Crippen molar-refractivity contribution in [2.75, 3.05) is 13.2 Å². The van der Waals surface area contributed by atoms with Gasteiger partial charge in [0.15, 0.2) is 6.61 Å². The van der Waals surface area contributed by atoms with E-state index in [0.29, 0.717) is 23.7 Å². The standard InChI is InChI=1S/C30H44N2O3/c1-4-30(34)17-14-26-24-11-10-22-18-23(12-15-28(22,2)25(24)13-16-29(26,30)3)32-35-20-27(33)31-19-21-8-6-5-7-9-21/h1,18,21,24-26,34H,5-17,19-20H2,2-3H3,(H,31,33)/b32-23+/t24-,25?,26?,28+,29+,30+/m1/s1. The van der Waals surface area contributed by atoms with Crippen molar-refractivity contribution < 1.29 is 14.7 Å². The van der Waals surface area contributed by atoms with E-state index in [2.05, 4.69) is 36.3 Å². The van der Waals surface area contributed by atoms with Gasteiger partial charge in [-0.15, -0.1) is 6.42 Å². The minimum Gasteiger partial charge on any atom is -0.385 e. The van der Waals surface area contributed by atoms with Crippen LogP contribution >= 0.6 is 0 Å². The van der Waals surface area contributed by atoms with Crippen LogP contribution in [0.3, 0.4) is 0 Å². The fraction of sp³-hybridized carbons (Fsp3) is 0.800. The number of amides is 1. The lowest BCUT2D eigenvalue weighted by Gasteiger charge is -2.58. The first-order chi connectivity index (χ1) is 16.8. The minimum atomic E-state index is -0.938. The van der Waals surface area contributed by atoms with Crippen LogP contribution in [0.5, 0.6) is 0 Å². The molecule has 5 aliphatic rings. The summed E-state index contributed by atoms with van der Waals surface area (Å²) in [5, 5.41) is 18.6. The summed E-state index contributed by atoms with van der Waals surface area (Å²) >= 11 is 0. The normalized spacial score (nSPS) is 42.3. The van der Waals surface area contributed by atoms with Gasteiger partial charge >= 0.3 is 0 Å². The Bertz CT molecular complexity index is 928. The minimum absolute atomic E-state index is 0.000287. The maximum Gasteiger partial charge on any atom is 0.260 e. The molecule has 0 aromatic rings. The first kappa shape index (κ1) is 24.9. The predicted molar refractivity (Wildman–Crippen MR) is 138 cm³/mol. The largest absolute Gasteiger partial charge is 0.385 e. The fourth-order valence-electron chi connectivity index (χ4n) is 8.77. The number of carbonyl (C=O) groups is 1. The van der Waals surface area contributed by atoms with E-state index in [1.165, 1.54) is 44.1 Å². The molecule has 1 amide bonds. The number of hydrogen-bond acceptors (Lipinski definition) is 4. The Morgan fingerprint density at radius 1 is 1.11 bits per heavy atom. The SMILES string of the molecule is C#C[C@]1(O)CCC2[C@@H]3CCC4=C/C(=N/OCC(=O)NCC5CCCCC5)CC[C@]4(C)C3CC[C@@]21C. The Hall–Kier alpha value is -1.80. The Kier molecular flexibility index (Phi) is 6.81. The molecule has 2 unspecified atom stereocenters. The molecule has 0 heterocycles. The topological polar surface area (TPSA) is 70.9 Å². The predicted octanol–water partition coefficient (Wildman–Crippen LogP) is 5.38. The molecular formula is C30H44N2O3. The second-order valence-electron chi connectivity index (χ2n) is 12.7. The van der Waals surface area contributed by atoms with E-state index >= 15 is 0 Å². The number of oxime groups is 1. The summed E-state index contributed by atoms with van der Waals surface area (Å²) in [7, 11) is 0. The molecule has 0 bridgehead atoms. The second-order valence-corrected chi connectivity index (χ2v) is 12.7. The van der Waals surface area contributed by atoms with E-state index in [0.717, 1.165) is 57.2 Å². The lowest BCUT2D eigenvalue weighted by Crippen LogP contribution is -2.54. The zero-order valence-electron chi connectivity index (χ0n) is 21.8. The average molecular weight is 481 g/mol. The molecule has 5 heteroatoms. The number of nitrogens with zero attached hydrogens (tertiary/aromatic N) is 1. The summed E-state index contributed by atoms with van der Waals surface area (Å²) < 4.78 is 0. The molecule has 6 atom stereocenters. The summed E-state index contributed by atoms with van der Waals surface area (Å²) in [6.45, 7) is 5.47. The molecule has 0 aromatic heterocycles. The van der Waals surface area contributed by atoms with Crippen LogP contribution in [0.4, 0.5) is 0 Å². The molecule has 4 fully saturated rings. The molecule has 0 saturated heterocycles. The molecule has 192 valence electrons. The van der Waals surface area contributed by atoms with Crippen molar-refractivity contribution in [1.29, 1.82) is 0 Å². The molecule has 5 rings (SSSR count). The van der Waals surface area contributed by atoms with Crippen LogP contribution in [0.15, 0.2) is 16.8 Å². The van der Waals surface area contributed by atoms with Crippen molar-refractivity contribution in [2.45, 2.75) is 103 Å². The van der Waals surface area contributed by atoms with Gasteiger partial charge in [0.25, 0.3) is 5.91 Å². The van der Waals surface area contributed by atoms with Crippen LogP contribution in [0.1, 0.15) is 97.3 Å². The van der Waals surface area contributed by atoms with Gasteiger partial charge in [-0.25, -0.2) is 0 Å². The third kappa shape index (κ3) is 4.35. The quantitative estimate of drug-likeness (QED) is 0.410. The van der Waals surface area contributed by atoms with Crippen LogP contribution in [-0.2, 0) is 9.63 Å². The highest BCUT2D eigenvalue weighted by Crippen LogP contribution is 2.67. The van der Waals surface area contributed by atoms with Crippen molar-refractivity contribution in [3.05, 3.63) is 11.6 Å². The van der Waals surface area contributed by atoms with Gasteiger partial charge in [0, 0.05) is 12.0 Å². The van der Waals surface area contributed by atoms with Crippen molar-refractivity contribution in [1.82, 2.24) is 5.32 Å². The highest BCUT2D eigenvalue weighted by molar-refractivity contribution is 5.96. The fourth-order valence-corrected chi connectivity index (χ4v) is 8.77. The molecule has 5 aliphatic carbocycles. The number of fused-ring (bicyclic) bond motifs is 5. The van der Waals surface area contributed by atoms with E-state index in [1.807, 2.05) is 0 Å². The van der Waals surface area contributed by atoms with Crippen molar-refractivity contribution in [3.8, 4) is 12.3 Å². The molecule has 0 radical (unpaired) electrons. The van der Waals surface area contributed by atoms with Crippen LogP contribution < -0.4 is 5.32 Å². The maximum atomic E-state index is 12.2. The number of aliphatic hydroxyl groups is 1. The number of allylic oxidation sites excluding steroid dienone is 2. The zero-order valence-corrected chi connectivity index (χ0v) is 21.8. The monoisotopic (exact) mass is 480 g/mol. The number of terminal acetylenes is 1. The molecule has 5 nitrogen and oxygen atoms in total. The maximum absolute atomic E-state index is 12.2. The van der Waals surface area contributed by atoms with Gasteiger partial charge in [-0.1, -0.05) is 49.8 Å². The number of rotatable bonds is 5. The molecule has 0 spiro atoms. The average Bonchev–Trinajstić information content (AvgIpc) is 3.14. The van der Waals surface area contributed by atoms with Gasteiger partial charge in [0.05, 0.1) is 5.71 Å². The lowest BCUT2D eigenvalue weighted by molar-refractivity contribution is -0.125. The Balaban J connectivity index is 1.19.